The highest BCUT2D eigenvalue weighted by atomic mass is 14.8. The summed E-state index contributed by atoms with van der Waals surface area (Å²) in [4.78, 5) is 8.63. The molecule has 0 fully saturated rings. The van der Waals surface area contributed by atoms with Crippen LogP contribution in [-0.4, -0.2) is 9.97 Å². The molecule has 0 unspecified atom stereocenters. The van der Waals surface area contributed by atoms with Crippen molar-refractivity contribution in [3.8, 4) is 11.3 Å². The molecule has 2 rings (SSSR count). The van der Waals surface area contributed by atoms with Gasteiger partial charge in [0.2, 0.25) is 0 Å². The van der Waals surface area contributed by atoms with Gasteiger partial charge in [-0.15, -0.1) is 0 Å². The van der Waals surface area contributed by atoms with Crippen LogP contribution < -0.4 is 0 Å². The Morgan fingerprint density at radius 2 is 1.67 bits per heavy atom. The van der Waals surface area contributed by atoms with Crippen molar-refractivity contribution in [3.05, 3.63) is 47.4 Å². The third kappa shape index (κ3) is 1.89. The highest BCUT2D eigenvalue weighted by Crippen LogP contribution is 2.23. The number of hydrogen-bond donors (Lipinski definition) is 0. The molecule has 76 valence electrons. The zero-order chi connectivity index (χ0) is 10.8. The minimum atomic E-state index is 0.976. The van der Waals surface area contributed by atoms with Crippen molar-refractivity contribution >= 4 is 0 Å². The molecule has 0 saturated carbocycles. The molecule has 1 heterocycles. The minimum Gasteiger partial charge on any atom is -0.258 e. The Kier molecular flexibility index (Phi) is 2.50. The van der Waals surface area contributed by atoms with E-state index in [1.807, 2.05) is 6.92 Å². The average molecular weight is 198 g/mol. The molecule has 0 N–H and O–H groups in total. The Balaban J connectivity index is 2.60. The smallest absolute Gasteiger partial charge is 0.0917 e. The lowest BCUT2D eigenvalue weighted by Gasteiger charge is -2.07. The summed E-state index contributed by atoms with van der Waals surface area (Å²) in [5.41, 5.74) is 5.65. The van der Waals surface area contributed by atoms with E-state index >= 15 is 0 Å². The summed E-state index contributed by atoms with van der Waals surface area (Å²) in [7, 11) is 0. The molecular weight excluding hydrogens is 184 g/mol. The summed E-state index contributed by atoms with van der Waals surface area (Å²) in [5, 5.41) is 0. The third-order valence-electron chi connectivity index (χ3n) is 2.52. The number of rotatable bonds is 1. The zero-order valence-corrected chi connectivity index (χ0v) is 9.28. The molecular formula is C13H14N2. The first kappa shape index (κ1) is 9.84. The van der Waals surface area contributed by atoms with E-state index in [4.69, 9.17) is 0 Å². The molecule has 0 aliphatic rings. The zero-order valence-electron chi connectivity index (χ0n) is 9.28. The van der Waals surface area contributed by atoms with E-state index in [2.05, 4.69) is 42.0 Å². The van der Waals surface area contributed by atoms with Gasteiger partial charge in [0, 0.05) is 18.0 Å². The van der Waals surface area contributed by atoms with Crippen molar-refractivity contribution in [1.82, 2.24) is 9.97 Å². The Hall–Kier alpha value is -1.70. The summed E-state index contributed by atoms with van der Waals surface area (Å²) in [6.45, 7) is 6.19. The summed E-state index contributed by atoms with van der Waals surface area (Å²) in [6, 6.07) is 6.39. The number of benzene rings is 1. The van der Waals surface area contributed by atoms with Crippen LogP contribution in [-0.2, 0) is 0 Å². The standard InChI is InChI=1S/C13H14N2/c1-9-4-5-12(10(2)8-9)13-11(3)14-6-7-15-13/h4-8H,1-3H3. The number of nitrogens with zero attached hydrogens (tertiary/aromatic N) is 2. The lowest BCUT2D eigenvalue weighted by Crippen LogP contribution is -1.93. The molecule has 0 spiro atoms. The van der Waals surface area contributed by atoms with Crippen LogP contribution in [0.15, 0.2) is 30.6 Å². The Labute approximate surface area is 90.0 Å². The summed E-state index contributed by atoms with van der Waals surface area (Å²) in [5.74, 6) is 0. The Morgan fingerprint density at radius 1 is 0.933 bits per heavy atom. The van der Waals surface area contributed by atoms with E-state index in [1.54, 1.807) is 12.4 Å². The van der Waals surface area contributed by atoms with Crippen LogP contribution in [0.3, 0.4) is 0 Å². The maximum absolute atomic E-state index is 4.38. The minimum absolute atomic E-state index is 0.976. The summed E-state index contributed by atoms with van der Waals surface area (Å²) < 4.78 is 0. The van der Waals surface area contributed by atoms with Crippen LogP contribution in [0.25, 0.3) is 11.3 Å². The van der Waals surface area contributed by atoms with E-state index in [1.165, 1.54) is 16.7 Å². The van der Waals surface area contributed by atoms with Crippen LogP contribution in [0.5, 0.6) is 0 Å². The topological polar surface area (TPSA) is 25.8 Å². The molecule has 0 saturated heterocycles. The molecule has 2 nitrogen and oxygen atoms in total. The molecule has 15 heavy (non-hydrogen) atoms. The fraction of sp³-hybridized carbons (Fsp3) is 0.231. The molecule has 0 atom stereocenters. The molecule has 2 aromatic rings. The molecule has 1 aromatic carbocycles. The van der Waals surface area contributed by atoms with Crippen LogP contribution >= 0.6 is 0 Å². The molecule has 0 radical (unpaired) electrons. The van der Waals surface area contributed by atoms with Crippen LogP contribution in [0.4, 0.5) is 0 Å². The maximum atomic E-state index is 4.38. The highest BCUT2D eigenvalue weighted by Gasteiger charge is 2.06. The van der Waals surface area contributed by atoms with E-state index in [-0.39, 0.29) is 0 Å². The monoisotopic (exact) mass is 198 g/mol. The molecule has 0 aliphatic heterocycles. The van der Waals surface area contributed by atoms with Gasteiger partial charge < -0.3 is 0 Å². The van der Waals surface area contributed by atoms with Crippen molar-refractivity contribution in [2.75, 3.05) is 0 Å². The second-order valence-electron chi connectivity index (χ2n) is 3.81. The second kappa shape index (κ2) is 3.81. The first-order valence-corrected chi connectivity index (χ1v) is 5.03. The van der Waals surface area contributed by atoms with Gasteiger partial charge in [-0.2, -0.15) is 0 Å². The van der Waals surface area contributed by atoms with Gasteiger partial charge >= 0.3 is 0 Å². The van der Waals surface area contributed by atoms with Gasteiger partial charge in [-0.25, -0.2) is 0 Å². The van der Waals surface area contributed by atoms with Gasteiger partial charge in [0.1, 0.15) is 0 Å². The Morgan fingerprint density at radius 3 is 2.33 bits per heavy atom. The highest BCUT2D eigenvalue weighted by molar-refractivity contribution is 5.65. The predicted octanol–water partition coefficient (Wildman–Crippen LogP) is 3.07. The van der Waals surface area contributed by atoms with Crippen molar-refractivity contribution in [2.24, 2.45) is 0 Å². The number of hydrogen-bond acceptors (Lipinski definition) is 2. The first-order valence-electron chi connectivity index (χ1n) is 5.03. The van der Waals surface area contributed by atoms with E-state index < -0.39 is 0 Å². The molecule has 0 amide bonds. The normalized spacial score (nSPS) is 10.3. The lowest BCUT2D eigenvalue weighted by molar-refractivity contribution is 1.12. The fourth-order valence-corrected chi connectivity index (χ4v) is 1.75. The SMILES string of the molecule is Cc1ccc(-c2nccnc2C)c(C)c1. The molecule has 0 bridgehead atoms. The van der Waals surface area contributed by atoms with Crippen LogP contribution in [0.1, 0.15) is 16.8 Å². The van der Waals surface area contributed by atoms with E-state index in [0.29, 0.717) is 0 Å². The number of aromatic nitrogens is 2. The van der Waals surface area contributed by atoms with Gasteiger partial charge in [-0.05, 0) is 26.3 Å². The van der Waals surface area contributed by atoms with Crippen LogP contribution in [0, 0.1) is 20.8 Å². The van der Waals surface area contributed by atoms with Gasteiger partial charge in [-0.1, -0.05) is 23.8 Å². The number of aryl methyl sites for hydroxylation is 3. The molecule has 2 heteroatoms. The van der Waals surface area contributed by atoms with Gasteiger partial charge in [-0.3, -0.25) is 9.97 Å². The average Bonchev–Trinajstić information content (AvgIpc) is 2.20. The maximum Gasteiger partial charge on any atom is 0.0917 e. The van der Waals surface area contributed by atoms with Crippen molar-refractivity contribution in [3.63, 3.8) is 0 Å². The molecule has 0 aliphatic carbocycles. The summed E-state index contributed by atoms with van der Waals surface area (Å²) in [6.07, 6.45) is 3.46. The van der Waals surface area contributed by atoms with E-state index in [9.17, 15) is 0 Å². The first-order chi connectivity index (χ1) is 7.18. The fourth-order valence-electron chi connectivity index (χ4n) is 1.75. The van der Waals surface area contributed by atoms with Gasteiger partial charge in [0.05, 0.1) is 11.4 Å². The second-order valence-corrected chi connectivity index (χ2v) is 3.81. The van der Waals surface area contributed by atoms with Gasteiger partial charge in [0.25, 0.3) is 0 Å². The lowest BCUT2D eigenvalue weighted by atomic mass is 10.0. The van der Waals surface area contributed by atoms with Gasteiger partial charge in [0.15, 0.2) is 0 Å². The van der Waals surface area contributed by atoms with E-state index in [0.717, 1.165) is 11.4 Å². The Bertz CT molecular complexity index is 490. The molecule has 1 aromatic heterocycles. The van der Waals surface area contributed by atoms with Crippen molar-refractivity contribution in [2.45, 2.75) is 20.8 Å². The summed E-state index contributed by atoms with van der Waals surface area (Å²) >= 11 is 0. The quantitative estimate of drug-likeness (QED) is 0.703. The van der Waals surface area contributed by atoms with Crippen LogP contribution in [0.2, 0.25) is 0 Å². The third-order valence-corrected chi connectivity index (χ3v) is 2.52. The largest absolute Gasteiger partial charge is 0.258 e. The van der Waals surface area contributed by atoms with Crippen molar-refractivity contribution < 1.29 is 0 Å². The predicted molar refractivity (Wildman–Crippen MR) is 61.7 cm³/mol. The van der Waals surface area contributed by atoms with Crippen molar-refractivity contribution in [1.29, 1.82) is 0 Å².